The number of aromatic nitrogens is 4. The van der Waals surface area contributed by atoms with Crippen LogP contribution in [0.25, 0.3) is 5.69 Å². The summed E-state index contributed by atoms with van der Waals surface area (Å²) in [5.74, 6) is 0.274. The average molecular weight is 357 g/mol. The van der Waals surface area contributed by atoms with E-state index >= 15 is 0 Å². The second-order valence-electron chi connectivity index (χ2n) is 5.75. The molecule has 0 radical (unpaired) electrons. The molecule has 1 unspecified atom stereocenters. The fourth-order valence-electron chi connectivity index (χ4n) is 2.51. The molecule has 1 atom stereocenters. The summed E-state index contributed by atoms with van der Waals surface area (Å²) in [6.07, 6.45) is 2.14. The lowest BCUT2D eigenvalue weighted by molar-refractivity contribution is 0.572. The maximum Gasteiger partial charge on any atom is 0.240 e. The van der Waals surface area contributed by atoms with E-state index in [1.54, 1.807) is 24.3 Å². The molecule has 7 nitrogen and oxygen atoms in total. The first-order valence-corrected chi connectivity index (χ1v) is 9.42. The largest absolute Gasteiger partial charge is 0.240 e. The van der Waals surface area contributed by atoms with Crippen LogP contribution in [0.15, 0.2) is 65.8 Å². The summed E-state index contributed by atoms with van der Waals surface area (Å²) in [5, 5.41) is 10.9. The first-order valence-electron chi connectivity index (χ1n) is 7.94. The molecule has 130 valence electrons. The maximum absolute atomic E-state index is 12.5. The van der Waals surface area contributed by atoms with Gasteiger partial charge in [-0.25, -0.2) is 17.8 Å². The van der Waals surface area contributed by atoms with Gasteiger partial charge in [-0.05, 0) is 46.5 Å². The summed E-state index contributed by atoms with van der Waals surface area (Å²) in [6.45, 7) is 2.45. The Kier molecular flexibility index (Phi) is 5.20. The van der Waals surface area contributed by atoms with Crippen molar-refractivity contribution in [1.82, 2.24) is 24.9 Å². The highest BCUT2D eigenvalue weighted by Crippen LogP contribution is 2.18. The molecule has 0 saturated carbocycles. The number of benzene rings is 2. The Morgan fingerprint density at radius 3 is 2.64 bits per heavy atom. The van der Waals surface area contributed by atoms with Crippen LogP contribution in [0.4, 0.5) is 0 Å². The van der Waals surface area contributed by atoms with E-state index in [9.17, 15) is 8.42 Å². The molecule has 0 aliphatic heterocycles. The number of hydrogen-bond donors (Lipinski definition) is 1. The minimum absolute atomic E-state index is 0.188. The van der Waals surface area contributed by atoms with Gasteiger partial charge in [-0.3, -0.25) is 0 Å². The van der Waals surface area contributed by atoms with Crippen LogP contribution in [-0.2, 0) is 10.0 Å². The van der Waals surface area contributed by atoms with Gasteiger partial charge in [0, 0.05) is 6.54 Å². The summed E-state index contributed by atoms with van der Waals surface area (Å²) >= 11 is 0. The number of tetrazole rings is 1. The lowest BCUT2D eigenvalue weighted by Crippen LogP contribution is -2.25. The molecule has 1 heterocycles. The molecule has 0 aliphatic carbocycles. The van der Waals surface area contributed by atoms with Crippen LogP contribution in [0.2, 0.25) is 0 Å². The molecular weight excluding hydrogens is 338 g/mol. The molecule has 3 rings (SSSR count). The summed E-state index contributed by atoms with van der Waals surface area (Å²) in [7, 11) is -3.58. The SMILES string of the molecule is CC(CCNS(=O)(=O)c1cccc(-n2cnnn2)c1)c1ccccc1. The highest BCUT2D eigenvalue weighted by molar-refractivity contribution is 7.89. The maximum atomic E-state index is 12.5. The van der Waals surface area contributed by atoms with Crippen LogP contribution in [-0.4, -0.2) is 35.2 Å². The second kappa shape index (κ2) is 7.54. The van der Waals surface area contributed by atoms with Crippen LogP contribution < -0.4 is 4.72 Å². The molecule has 3 aromatic rings. The van der Waals surface area contributed by atoms with Crippen LogP contribution in [0, 0.1) is 0 Å². The number of hydrogen-bond acceptors (Lipinski definition) is 5. The third kappa shape index (κ3) is 4.28. The summed E-state index contributed by atoms with van der Waals surface area (Å²) in [5.41, 5.74) is 1.79. The molecule has 25 heavy (non-hydrogen) atoms. The Bertz CT molecular complexity index is 911. The van der Waals surface area contributed by atoms with Crippen molar-refractivity contribution in [1.29, 1.82) is 0 Å². The summed E-state index contributed by atoms with van der Waals surface area (Å²) in [6, 6.07) is 16.5. The quantitative estimate of drug-likeness (QED) is 0.700. The van der Waals surface area contributed by atoms with E-state index in [0.29, 0.717) is 12.2 Å². The molecule has 0 amide bonds. The van der Waals surface area contributed by atoms with E-state index in [1.165, 1.54) is 16.6 Å². The van der Waals surface area contributed by atoms with Crippen molar-refractivity contribution < 1.29 is 8.42 Å². The number of sulfonamides is 1. The van der Waals surface area contributed by atoms with Crippen molar-refractivity contribution in [3.8, 4) is 5.69 Å². The topological polar surface area (TPSA) is 89.8 Å². The number of rotatable bonds is 7. The van der Waals surface area contributed by atoms with E-state index in [4.69, 9.17) is 0 Å². The molecule has 0 aliphatic rings. The van der Waals surface area contributed by atoms with Gasteiger partial charge >= 0.3 is 0 Å². The van der Waals surface area contributed by atoms with Gasteiger partial charge in [-0.2, -0.15) is 0 Å². The lowest BCUT2D eigenvalue weighted by Gasteiger charge is -2.13. The van der Waals surface area contributed by atoms with E-state index in [2.05, 4.69) is 39.3 Å². The zero-order valence-electron chi connectivity index (χ0n) is 13.8. The van der Waals surface area contributed by atoms with Gasteiger partial charge < -0.3 is 0 Å². The second-order valence-corrected chi connectivity index (χ2v) is 7.52. The minimum atomic E-state index is -3.58. The Hall–Kier alpha value is -2.58. The molecule has 1 N–H and O–H groups in total. The fraction of sp³-hybridized carbons (Fsp3) is 0.235. The molecule has 8 heteroatoms. The molecule has 2 aromatic carbocycles. The van der Waals surface area contributed by atoms with Gasteiger partial charge in [0.25, 0.3) is 0 Å². The molecular formula is C17H19N5O2S. The van der Waals surface area contributed by atoms with Gasteiger partial charge in [0.05, 0.1) is 10.6 Å². The van der Waals surface area contributed by atoms with Crippen molar-refractivity contribution in [2.75, 3.05) is 6.54 Å². The molecule has 0 fully saturated rings. The van der Waals surface area contributed by atoms with Gasteiger partial charge in [-0.1, -0.05) is 43.3 Å². The lowest BCUT2D eigenvalue weighted by atomic mass is 9.98. The van der Waals surface area contributed by atoms with Crippen LogP contribution in [0.5, 0.6) is 0 Å². The smallest absolute Gasteiger partial charge is 0.211 e. The third-order valence-electron chi connectivity index (χ3n) is 3.98. The van der Waals surface area contributed by atoms with Crippen molar-refractivity contribution >= 4 is 10.0 Å². The monoisotopic (exact) mass is 357 g/mol. The minimum Gasteiger partial charge on any atom is -0.211 e. The van der Waals surface area contributed by atoms with E-state index in [-0.39, 0.29) is 10.8 Å². The first kappa shape index (κ1) is 17.2. The zero-order valence-corrected chi connectivity index (χ0v) is 14.6. The van der Waals surface area contributed by atoms with Crippen molar-refractivity contribution in [2.24, 2.45) is 0 Å². The van der Waals surface area contributed by atoms with Crippen LogP contribution in [0.1, 0.15) is 24.8 Å². The van der Waals surface area contributed by atoms with E-state index in [0.717, 1.165) is 6.42 Å². The normalized spacial score (nSPS) is 12.8. The number of nitrogens with one attached hydrogen (secondary N) is 1. The Balaban J connectivity index is 1.65. The molecule has 1 aromatic heterocycles. The van der Waals surface area contributed by atoms with E-state index in [1.807, 2.05) is 18.2 Å². The molecule has 0 spiro atoms. The Labute approximate surface area is 146 Å². The van der Waals surface area contributed by atoms with Gasteiger partial charge in [0.1, 0.15) is 6.33 Å². The predicted octanol–water partition coefficient (Wildman–Crippen LogP) is 2.13. The first-order chi connectivity index (χ1) is 12.1. The van der Waals surface area contributed by atoms with Crippen LogP contribution in [0.3, 0.4) is 0 Å². The molecule has 0 bridgehead atoms. The van der Waals surface area contributed by atoms with Crippen molar-refractivity contribution in [3.05, 3.63) is 66.5 Å². The average Bonchev–Trinajstić information content (AvgIpc) is 3.17. The number of nitrogens with zero attached hydrogens (tertiary/aromatic N) is 4. The van der Waals surface area contributed by atoms with Gasteiger partial charge in [0.2, 0.25) is 10.0 Å². The standard InChI is InChI=1S/C17H19N5O2S/c1-14(15-6-3-2-4-7-15)10-11-19-25(23,24)17-9-5-8-16(12-17)22-13-18-20-21-22/h2-9,12-14,19H,10-11H2,1H3. The predicted molar refractivity (Wildman–Crippen MR) is 93.8 cm³/mol. The Morgan fingerprint density at radius 1 is 1.12 bits per heavy atom. The van der Waals surface area contributed by atoms with Gasteiger partial charge in [0.15, 0.2) is 0 Å². The van der Waals surface area contributed by atoms with Gasteiger partial charge in [-0.15, -0.1) is 5.10 Å². The molecule has 0 saturated heterocycles. The van der Waals surface area contributed by atoms with E-state index < -0.39 is 10.0 Å². The van der Waals surface area contributed by atoms with Crippen molar-refractivity contribution in [2.45, 2.75) is 24.2 Å². The van der Waals surface area contributed by atoms with Crippen LogP contribution >= 0.6 is 0 Å². The summed E-state index contributed by atoms with van der Waals surface area (Å²) < 4.78 is 29.1. The van der Waals surface area contributed by atoms with Crippen molar-refractivity contribution in [3.63, 3.8) is 0 Å². The highest BCUT2D eigenvalue weighted by Gasteiger charge is 2.15. The third-order valence-corrected chi connectivity index (χ3v) is 5.44. The zero-order chi connectivity index (χ0) is 17.7. The Morgan fingerprint density at radius 2 is 1.92 bits per heavy atom. The summed E-state index contributed by atoms with van der Waals surface area (Å²) in [4.78, 5) is 0.188. The fourth-order valence-corrected chi connectivity index (χ4v) is 3.60. The highest BCUT2D eigenvalue weighted by atomic mass is 32.2.